The van der Waals surface area contributed by atoms with Crippen molar-refractivity contribution in [3.63, 3.8) is 0 Å². The number of fused-ring (bicyclic) bond motifs is 3. The number of hydrogen-bond acceptors (Lipinski definition) is 3. The average molecular weight is 320 g/mol. The van der Waals surface area contributed by atoms with E-state index in [1.54, 1.807) is 0 Å². The molecule has 4 aliphatic rings. The first-order valence-corrected chi connectivity index (χ1v) is 9.43. The van der Waals surface area contributed by atoms with Gasteiger partial charge in [-0.05, 0) is 43.4 Å². The second kappa shape index (κ2) is 4.83. The van der Waals surface area contributed by atoms with Gasteiger partial charge in [0.1, 0.15) is 0 Å². The van der Waals surface area contributed by atoms with E-state index in [1.807, 2.05) is 0 Å². The summed E-state index contributed by atoms with van der Waals surface area (Å²) >= 11 is 0. The molecule has 1 saturated heterocycles. The quantitative estimate of drug-likeness (QED) is 0.684. The van der Waals surface area contributed by atoms with Crippen molar-refractivity contribution in [1.29, 1.82) is 0 Å². The Balaban J connectivity index is 1.77. The molecule has 3 aliphatic carbocycles. The van der Waals surface area contributed by atoms with Crippen LogP contribution < -0.4 is 0 Å². The molecule has 4 rings (SSSR count). The number of aliphatic hydroxyl groups excluding tert-OH is 1. The van der Waals surface area contributed by atoms with Crippen LogP contribution in [0, 0.1) is 22.2 Å². The zero-order valence-electron chi connectivity index (χ0n) is 15.2. The van der Waals surface area contributed by atoms with E-state index in [0.29, 0.717) is 5.92 Å². The zero-order chi connectivity index (χ0) is 16.5. The molecule has 1 heterocycles. The number of rotatable bonds is 0. The number of hydrogen-bond donors (Lipinski definition) is 1. The molecule has 23 heavy (non-hydrogen) atoms. The van der Waals surface area contributed by atoms with Crippen LogP contribution in [0.4, 0.5) is 0 Å². The van der Waals surface area contributed by atoms with Crippen molar-refractivity contribution < 1.29 is 14.6 Å². The molecule has 3 nitrogen and oxygen atoms in total. The maximum Gasteiger partial charge on any atom is 0.173 e. The first kappa shape index (κ1) is 16.1. The Kier molecular flexibility index (Phi) is 3.38. The summed E-state index contributed by atoms with van der Waals surface area (Å²) in [5, 5.41) is 10.7. The molecule has 0 aromatic rings. The highest BCUT2D eigenvalue weighted by atomic mass is 16.7. The molecule has 0 amide bonds. The molecule has 1 aliphatic heterocycles. The van der Waals surface area contributed by atoms with Crippen molar-refractivity contribution in [2.45, 2.75) is 78.1 Å². The summed E-state index contributed by atoms with van der Waals surface area (Å²) in [6.07, 6.45) is 8.53. The van der Waals surface area contributed by atoms with Crippen LogP contribution in [0.5, 0.6) is 0 Å². The first-order chi connectivity index (χ1) is 10.8. The Labute approximate surface area is 140 Å². The topological polar surface area (TPSA) is 38.7 Å². The molecule has 1 N–H and O–H groups in total. The van der Waals surface area contributed by atoms with Gasteiger partial charge in [-0.3, -0.25) is 0 Å². The fourth-order valence-electron chi connectivity index (χ4n) is 6.70. The SMILES string of the molecule is CC1(C)[C@@H]2CC[C@]3(C)C(=CCC[C@H]3O)[C@@]2(C)CCC12OCCO2. The van der Waals surface area contributed by atoms with Gasteiger partial charge in [-0.2, -0.15) is 0 Å². The summed E-state index contributed by atoms with van der Waals surface area (Å²) in [7, 11) is 0. The summed E-state index contributed by atoms with van der Waals surface area (Å²) in [6.45, 7) is 10.9. The lowest BCUT2D eigenvalue weighted by atomic mass is 9.42. The van der Waals surface area contributed by atoms with Crippen LogP contribution in [-0.2, 0) is 9.47 Å². The summed E-state index contributed by atoms with van der Waals surface area (Å²) in [4.78, 5) is 0. The van der Waals surface area contributed by atoms with Gasteiger partial charge >= 0.3 is 0 Å². The van der Waals surface area contributed by atoms with E-state index in [4.69, 9.17) is 9.47 Å². The van der Waals surface area contributed by atoms with Crippen molar-refractivity contribution in [2.75, 3.05) is 13.2 Å². The fourth-order valence-corrected chi connectivity index (χ4v) is 6.70. The number of ether oxygens (including phenoxy) is 2. The fraction of sp³-hybridized carbons (Fsp3) is 0.900. The summed E-state index contributed by atoms with van der Waals surface area (Å²) in [6, 6.07) is 0. The summed E-state index contributed by atoms with van der Waals surface area (Å²) in [5.74, 6) is 0.158. The molecule has 0 unspecified atom stereocenters. The van der Waals surface area contributed by atoms with Gasteiger partial charge in [-0.25, -0.2) is 0 Å². The van der Waals surface area contributed by atoms with Crippen molar-refractivity contribution in [2.24, 2.45) is 22.2 Å². The maximum atomic E-state index is 10.7. The molecule has 4 atom stereocenters. The lowest BCUT2D eigenvalue weighted by molar-refractivity contribution is -0.286. The standard InChI is InChI=1S/C20H32O3/c1-17(2)14-8-9-19(4)15(6-5-7-16(19)21)18(14,3)10-11-20(17)22-12-13-23-20/h6,14,16,21H,5,7-13H2,1-4H3/t14-,16+,18-,19+/m0/s1. The summed E-state index contributed by atoms with van der Waals surface area (Å²) < 4.78 is 12.4. The highest BCUT2D eigenvalue weighted by Crippen LogP contribution is 2.68. The molecule has 2 saturated carbocycles. The van der Waals surface area contributed by atoms with Gasteiger partial charge in [0.25, 0.3) is 0 Å². The first-order valence-electron chi connectivity index (χ1n) is 9.43. The number of aliphatic hydroxyl groups is 1. The Morgan fingerprint density at radius 1 is 0.957 bits per heavy atom. The molecule has 3 fully saturated rings. The molecule has 0 radical (unpaired) electrons. The van der Waals surface area contributed by atoms with E-state index in [9.17, 15) is 5.11 Å². The maximum absolute atomic E-state index is 10.7. The van der Waals surface area contributed by atoms with Crippen molar-refractivity contribution in [3.05, 3.63) is 11.6 Å². The molecule has 1 spiro atoms. The monoisotopic (exact) mass is 320 g/mol. The van der Waals surface area contributed by atoms with Crippen LogP contribution in [0.25, 0.3) is 0 Å². The van der Waals surface area contributed by atoms with Gasteiger partial charge < -0.3 is 14.6 Å². The highest BCUT2D eigenvalue weighted by Gasteiger charge is 2.66. The van der Waals surface area contributed by atoms with Crippen LogP contribution in [0.1, 0.15) is 66.2 Å². The molecular weight excluding hydrogens is 288 g/mol. The Morgan fingerprint density at radius 2 is 1.65 bits per heavy atom. The lowest BCUT2D eigenvalue weighted by Crippen LogP contribution is -2.62. The molecule has 0 bridgehead atoms. The van der Waals surface area contributed by atoms with E-state index < -0.39 is 5.79 Å². The Bertz CT molecular complexity index is 531. The van der Waals surface area contributed by atoms with Crippen molar-refractivity contribution >= 4 is 0 Å². The van der Waals surface area contributed by atoms with E-state index >= 15 is 0 Å². The van der Waals surface area contributed by atoms with Crippen LogP contribution in [0.3, 0.4) is 0 Å². The van der Waals surface area contributed by atoms with Gasteiger partial charge in [0.15, 0.2) is 5.79 Å². The zero-order valence-corrected chi connectivity index (χ0v) is 15.2. The Hall–Kier alpha value is -0.380. The van der Waals surface area contributed by atoms with Crippen molar-refractivity contribution in [1.82, 2.24) is 0 Å². The van der Waals surface area contributed by atoms with Crippen LogP contribution in [0.2, 0.25) is 0 Å². The van der Waals surface area contributed by atoms with Crippen LogP contribution >= 0.6 is 0 Å². The molecule has 0 aromatic heterocycles. The molecular formula is C20H32O3. The van der Waals surface area contributed by atoms with Gasteiger partial charge in [0, 0.05) is 17.3 Å². The third kappa shape index (κ3) is 1.88. The second-order valence-electron chi connectivity index (χ2n) is 9.31. The van der Waals surface area contributed by atoms with Gasteiger partial charge in [-0.15, -0.1) is 0 Å². The van der Waals surface area contributed by atoms with E-state index in [1.165, 1.54) is 5.57 Å². The predicted octanol–water partition coefficient (Wildman–Crippen LogP) is 4.05. The van der Waals surface area contributed by atoms with E-state index in [-0.39, 0.29) is 22.3 Å². The van der Waals surface area contributed by atoms with Gasteiger partial charge in [0.05, 0.1) is 19.3 Å². The minimum Gasteiger partial charge on any atom is -0.392 e. The minimum atomic E-state index is -0.390. The summed E-state index contributed by atoms with van der Waals surface area (Å²) in [5.41, 5.74) is 1.67. The normalized spacial score (nSPS) is 47.8. The van der Waals surface area contributed by atoms with E-state index in [2.05, 4.69) is 33.8 Å². The van der Waals surface area contributed by atoms with Gasteiger partial charge in [-0.1, -0.05) is 39.3 Å². The van der Waals surface area contributed by atoms with Crippen LogP contribution in [0.15, 0.2) is 11.6 Å². The lowest BCUT2D eigenvalue weighted by Gasteiger charge is -2.64. The molecule has 130 valence electrons. The highest BCUT2D eigenvalue weighted by molar-refractivity contribution is 5.32. The largest absolute Gasteiger partial charge is 0.392 e. The third-order valence-electron chi connectivity index (χ3n) is 8.06. The second-order valence-corrected chi connectivity index (χ2v) is 9.31. The van der Waals surface area contributed by atoms with Gasteiger partial charge in [0.2, 0.25) is 0 Å². The molecule has 0 aromatic carbocycles. The third-order valence-corrected chi connectivity index (χ3v) is 8.06. The Morgan fingerprint density at radius 3 is 2.35 bits per heavy atom. The van der Waals surface area contributed by atoms with Crippen LogP contribution in [-0.4, -0.2) is 30.2 Å². The van der Waals surface area contributed by atoms with E-state index in [0.717, 1.165) is 51.7 Å². The minimum absolute atomic E-state index is 0.00106. The smallest absolute Gasteiger partial charge is 0.173 e. The molecule has 3 heteroatoms. The predicted molar refractivity (Wildman–Crippen MR) is 89.9 cm³/mol. The van der Waals surface area contributed by atoms with Crippen molar-refractivity contribution in [3.8, 4) is 0 Å². The average Bonchev–Trinajstić information content (AvgIpc) is 2.97. The number of allylic oxidation sites excluding steroid dienone is 1.